The molecule has 2 aromatic rings. The molecule has 0 spiro atoms. The summed E-state index contributed by atoms with van der Waals surface area (Å²) in [6.45, 7) is 5.89. The molecule has 5 nitrogen and oxygen atoms in total. The summed E-state index contributed by atoms with van der Waals surface area (Å²) >= 11 is 0. The smallest absolute Gasteiger partial charge is 0.264 e. The molecule has 1 heterocycles. The van der Waals surface area contributed by atoms with Crippen LogP contribution in [-0.2, 0) is 13.0 Å². The summed E-state index contributed by atoms with van der Waals surface area (Å²) in [5.74, 6) is 1.90. The summed E-state index contributed by atoms with van der Waals surface area (Å²) in [5, 5.41) is 13.3. The van der Waals surface area contributed by atoms with Gasteiger partial charge in [-0.05, 0) is 37.1 Å². The fraction of sp³-hybridized carbons (Fsp3) is 0.429. The first-order valence-electron chi connectivity index (χ1n) is 6.33. The van der Waals surface area contributed by atoms with Crippen molar-refractivity contribution >= 4 is 0 Å². The number of hydrogen-bond donors (Lipinski definition) is 1. The highest BCUT2D eigenvalue weighted by Gasteiger charge is 2.08. The molecule has 0 aliphatic rings. The second kappa shape index (κ2) is 5.84. The summed E-state index contributed by atoms with van der Waals surface area (Å²) in [4.78, 5) is 4.18. The number of ether oxygens (including phenoxy) is 1. The lowest BCUT2D eigenvalue weighted by Gasteiger charge is -2.10. The summed E-state index contributed by atoms with van der Waals surface area (Å²) in [5.41, 5.74) is 1.84. The quantitative estimate of drug-likeness (QED) is 0.896. The lowest BCUT2D eigenvalue weighted by atomic mass is 10.1. The summed E-state index contributed by atoms with van der Waals surface area (Å²) in [6, 6.07) is 5.60. The molecule has 1 aromatic carbocycles. The zero-order valence-electron chi connectivity index (χ0n) is 11.4. The van der Waals surface area contributed by atoms with E-state index in [0.29, 0.717) is 11.7 Å². The Labute approximate surface area is 112 Å². The summed E-state index contributed by atoms with van der Waals surface area (Å²) in [7, 11) is 0. The monoisotopic (exact) mass is 262 g/mol. The highest BCUT2D eigenvalue weighted by Crippen LogP contribution is 2.23. The van der Waals surface area contributed by atoms with Gasteiger partial charge in [-0.3, -0.25) is 0 Å². The van der Waals surface area contributed by atoms with Crippen molar-refractivity contribution in [2.24, 2.45) is 0 Å². The van der Waals surface area contributed by atoms with Crippen molar-refractivity contribution in [3.8, 4) is 5.75 Å². The van der Waals surface area contributed by atoms with Crippen LogP contribution in [0.1, 0.15) is 42.8 Å². The largest absolute Gasteiger partial charge is 0.483 e. The third-order valence-electron chi connectivity index (χ3n) is 2.86. The molecule has 102 valence electrons. The molecular weight excluding hydrogens is 244 g/mol. The average Bonchev–Trinajstić information content (AvgIpc) is 2.85. The SMILES string of the molecule is CCc1noc(COc2ccc(C(C)O)cc2C)n1. The van der Waals surface area contributed by atoms with Crippen molar-refractivity contribution < 1.29 is 14.4 Å². The van der Waals surface area contributed by atoms with Crippen molar-refractivity contribution in [3.05, 3.63) is 41.0 Å². The predicted molar refractivity (Wildman–Crippen MR) is 69.8 cm³/mol. The van der Waals surface area contributed by atoms with E-state index >= 15 is 0 Å². The van der Waals surface area contributed by atoms with Crippen LogP contribution in [0.4, 0.5) is 0 Å². The molecule has 19 heavy (non-hydrogen) atoms. The lowest BCUT2D eigenvalue weighted by molar-refractivity contribution is 0.198. The third kappa shape index (κ3) is 3.32. The van der Waals surface area contributed by atoms with Gasteiger partial charge >= 0.3 is 0 Å². The van der Waals surface area contributed by atoms with Crippen LogP contribution < -0.4 is 4.74 Å². The Bertz CT molecular complexity index is 549. The van der Waals surface area contributed by atoms with E-state index in [2.05, 4.69) is 10.1 Å². The van der Waals surface area contributed by atoms with Crippen LogP contribution in [0.5, 0.6) is 5.75 Å². The van der Waals surface area contributed by atoms with E-state index in [1.165, 1.54) is 0 Å². The molecule has 1 aromatic heterocycles. The Hall–Kier alpha value is -1.88. The molecule has 0 radical (unpaired) electrons. The fourth-order valence-electron chi connectivity index (χ4n) is 1.73. The van der Waals surface area contributed by atoms with Crippen molar-refractivity contribution in [1.82, 2.24) is 10.1 Å². The Morgan fingerprint density at radius 2 is 2.21 bits per heavy atom. The van der Waals surface area contributed by atoms with Gasteiger partial charge in [0.25, 0.3) is 5.89 Å². The zero-order chi connectivity index (χ0) is 13.8. The molecule has 0 aliphatic heterocycles. The van der Waals surface area contributed by atoms with Crippen molar-refractivity contribution in [3.63, 3.8) is 0 Å². The third-order valence-corrected chi connectivity index (χ3v) is 2.86. The Morgan fingerprint density at radius 1 is 1.42 bits per heavy atom. The van der Waals surface area contributed by atoms with Crippen molar-refractivity contribution in [1.29, 1.82) is 0 Å². The number of nitrogens with zero attached hydrogens (tertiary/aromatic N) is 2. The van der Waals surface area contributed by atoms with E-state index in [-0.39, 0.29) is 6.61 Å². The number of aliphatic hydroxyl groups is 1. The molecule has 0 fully saturated rings. The Morgan fingerprint density at radius 3 is 2.79 bits per heavy atom. The van der Waals surface area contributed by atoms with Crippen LogP contribution in [0.15, 0.2) is 22.7 Å². The van der Waals surface area contributed by atoms with Gasteiger partial charge in [-0.15, -0.1) is 0 Å². The molecular formula is C14H18N2O3. The summed E-state index contributed by atoms with van der Waals surface area (Å²) in [6.07, 6.45) is 0.266. The Balaban J connectivity index is 2.03. The maximum absolute atomic E-state index is 9.50. The van der Waals surface area contributed by atoms with Crippen LogP contribution in [0.3, 0.4) is 0 Å². The lowest BCUT2D eigenvalue weighted by Crippen LogP contribution is -1.99. The molecule has 1 atom stereocenters. The number of aryl methyl sites for hydroxylation is 2. The van der Waals surface area contributed by atoms with Crippen LogP contribution in [0, 0.1) is 6.92 Å². The molecule has 2 rings (SSSR count). The topological polar surface area (TPSA) is 68.4 Å². The first kappa shape index (κ1) is 13.5. The number of rotatable bonds is 5. The van der Waals surface area contributed by atoms with E-state index in [4.69, 9.17) is 9.26 Å². The number of benzene rings is 1. The normalized spacial score (nSPS) is 12.4. The van der Waals surface area contributed by atoms with Crippen LogP contribution in [0.25, 0.3) is 0 Å². The van der Waals surface area contributed by atoms with Crippen molar-refractivity contribution in [2.45, 2.75) is 39.9 Å². The van der Waals surface area contributed by atoms with Crippen molar-refractivity contribution in [2.75, 3.05) is 0 Å². The second-order valence-corrected chi connectivity index (χ2v) is 4.45. The highest BCUT2D eigenvalue weighted by atomic mass is 16.5. The zero-order valence-corrected chi connectivity index (χ0v) is 11.4. The minimum atomic E-state index is -0.476. The van der Waals surface area contributed by atoms with Gasteiger partial charge in [-0.1, -0.05) is 18.1 Å². The molecule has 0 amide bonds. The number of hydrogen-bond acceptors (Lipinski definition) is 5. The average molecular weight is 262 g/mol. The standard InChI is InChI=1S/C14H18N2O3/c1-4-13-15-14(19-16-13)8-18-12-6-5-11(10(3)17)7-9(12)2/h5-7,10,17H,4,8H2,1-3H3. The molecule has 1 unspecified atom stereocenters. The van der Waals surface area contributed by atoms with E-state index < -0.39 is 6.10 Å². The van der Waals surface area contributed by atoms with Crippen LogP contribution in [0.2, 0.25) is 0 Å². The molecule has 0 bridgehead atoms. The van der Waals surface area contributed by atoms with Gasteiger partial charge in [0.1, 0.15) is 5.75 Å². The molecule has 0 aliphatic carbocycles. The maximum Gasteiger partial charge on any atom is 0.264 e. The predicted octanol–water partition coefficient (Wildman–Crippen LogP) is 2.57. The fourth-order valence-corrected chi connectivity index (χ4v) is 1.73. The number of aromatic nitrogens is 2. The minimum absolute atomic E-state index is 0.252. The van der Waals surface area contributed by atoms with Gasteiger partial charge in [0.15, 0.2) is 12.4 Å². The van der Waals surface area contributed by atoms with Gasteiger partial charge in [0, 0.05) is 6.42 Å². The van der Waals surface area contributed by atoms with Crippen LogP contribution >= 0.6 is 0 Å². The molecule has 1 N–H and O–H groups in total. The molecule has 0 saturated carbocycles. The van der Waals surface area contributed by atoms with Gasteiger partial charge in [0.05, 0.1) is 6.10 Å². The van der Waals surface area contributed by atoms with E-state index in [9.17, 15) is 5.11 Å². The Kier molecular flexibility index (Phi) is 4.16. The summed E-state index contributed by atoms with van der Waals surface area (Å²) < 4.78 is 10.7. The van der Waals surface area contributed by atoms with Gasteiger partial charge < -0.3 is 14.4 Å². The minimum Gasteiger partial charge on any atom is -0.483 e. The van der Waals surface area contributed by atoms with Gasteiger partial charge in [0.2, 0.25) is 0 Å². The van der Waals surface area contributed by atoms with E-state index in [1.807, 2.05) is 32.0 Å². The van der Waals surface area contributed by atoms with E-state index in [0.717, 1.165) is 23.3 Å². The number of aliphatic hydroxyl groups excluding tert-OH is 1. The maximum atomic E-state index is 9.50. The molecule has 0 saturated heterocycles. The van der Waals surface area contributed by atoms with E-state index in [1.54, 1.807) is 6.92 Å². The molecule has 5 heteroatoms. The first-order chi connectivity index (χ1) is 9.10. The first-order valence-corrected chi connectivity index (χ1v) is 6.33. The second-order valence-electron chi connectivity index (χ2n) is 4.45. The highest BCUT2D eigenvalue weighted by molar-refractivity contribution is 5.36. The van der Waals surface area contributed by atoms with Gasteiger partial charge in [-0.2, -0.15) is 4.98 Å². The van der Waals surface area contributed by atoms with Gasteiger partial charge in [-0.25, -0.2) is 0 Å². The van der Waals surface area contributed by atoms with Crippen LogP contribution in [-0.4, -0.2) is 15.2 Å².